The maximum Gasteiger partial charge on any atom is 0.416 e. The van der Waals surface area contributed by atoms with Crippen molar-refractivity contribution in [2.24, 2.45) is 5.73 Å². The summed E-state index contributed by atoms with van der Waals surface area (Å²) in [6.45, 7) is 5.33. The first-order valence-corrected chi connectivity index (χ1v) is 6.49. The van der Waals surface area contributed by atoms with Crippen molar-refractivity contribution in [1.29, 1.82) is 0 Å². The van der Waals surface area contributed by atoms with Crippen molar-refractivity contribution in [1.82, 2.24) is 5.32 Å². The van der Waals surface area contributed by atoms with Gasteiger partial charge >= 0.3 is 6.18 Å². The van der Waals surface area contributed by atoms with Crippen molar-refractivity contribution >= 4 is 11.8 Å². The van der Waals surface area contributed by atoms with Gasteiger partial charge in [-0.2, -0.15) is 13.2 Å². The van der Waals surface area contributed by atoms with Gasteiger partial charge in [-0.1, -0.05) is 17.7 Å². The molecule has 1 aromatic rings. The van der Waals surface area contributed by atoms with Gasteiger partial charge in [-0.15, -0.1) is 6.58 Å². The molecule has 0 unspecified atom stereocenters. The van der Waals surface area contributed by atoms with E-state index in [0.29, 0.717) is 11.1 Å². The van der Waals surface area contributed by atoms with E-state index in [2.05, 4.69) is 11.9 Å². The number of carbonyl (C=O) groups excluding carboxylic acids is 2. The van der Waals surface area contributed by atoms with Crippen LogP contribution in [0.4, 0.5) is 13.2 Å². The van der Waals surface area contributed by atoms with Gasteiger partial charge in [-0.3, -0.25) is 9.59 Å². The third-order valence-corrected chi connectivity index (χ3v) is 2.88. The van der Waals surface area contributed by atoms with Crippen molar-refractivity contribution in [3.8, 4) is 0 Å². The summed E-state index contributed by atoms with van der Waals surface area (Å²) in [5.74, 6) is -1.19. The van der Waals surface area contributed by atoms with Crippen LogP contribution >= 0.6 is 0 Å². The standard InChI is InChI=1S/C15H17F3N2O2/c1-9(2)7-12(14(19)22)20-13(21)8-10-3-5-11(6-4-10)15(16,17)18/h3-6,12H,1,7-8H2,2H3,(H2,19,22)(H,20,21)/t12-/m0/s1. The predicted octanol–water partition coefficient (Wildman–Crippen LogP) is 2.18. The Labute approximate surface area is 126 Å². The summed E-state index contributed by atoms with van der Waals surface area (Å²) < 4.78 is 37.3. The molecule has 1 atom stereocenters. The van der Waals surface area contributed by atoms with Crippen molar-refractivity contribution in [2.75, 3.05) is 0 Å². The Bertz CT molecular complexity index is 565. The van der Waals surface area contributed by atoms with Gasteiger partial charge in [0.25, 0.3) is 0 Å². The molecule has 3 N–H and O–H groups in total. The third kappa shape index (κ3) is 5.59. The smallest absolute Gasteiger partial charge is 0.368 e. The molecule has 120 valence electrons. The van der Waals surface area contributed by atoms with Gasteiger partial charge < -0.3 is 11.1 Å². The van der Waals surface area contributed by atoms with Crippen LogP contribution in [0.5, 0.6) is 0 Å². The summed E-state index contributed by atoms with van der Waals surface area (Å²) in [6.07, 6.45) is -4.34. The molecule has 0 bridgehead atoms. The van der Waals surface area contributed by atoms with E-state index >= 15 is 0 Å². The monoisotopic (exact) mass is 314 g/mol. The fourth-order valence-electron chi connectivity index (χ4n) is 1.81. The van der Waals surface area contributed by atoms with E-state index in [9.17, 15) is 22.8 Å². The molecule has 0 radical (unpaired) electrons. The number of amides is 2. The fourth-order valence-corrected chi connectivity index (χ4v) is 1.81. The molecule has 0 aliphatic carbocycles. The Balaban J connectivity index is 2.68. The molecule has 4 nitrogen and oxygen atoms in total. The molecule has 0 aliphatic heterocycles. The number of halogens is 3. The van der Waals surface area contributed by atoms with Crippen LogP contribution in [-0.2, 0) is 22.2 Å². The Hall–Kier alpha value is -2.31. The van der Waals surface area contributed by atoms with E-state index in [0.717, 1.165) is 12.1 Å². The number of benzene rings is 1. The predicted molar refractivity (Wildman–Crippen MR) is 75.7 cm³/mol. The third-order valence-electron chi connectivity index (χ3n) is 2.88. The lowest BCUT2D eigenvalue weighted by Gasteiger charge is -2.15. The van der Waals surface area contributed by atoms with E-state index in [1.807, 2.05) is 0 Å². The van der Waals surface area contributed by atoms with Crippen molar-refractivity contribution < 1.29 is 22.8 Å². The molecule has 0 fully saturated rings. The number of rotatable bonds is 6. The van der Waals surface area contributed by atoms with E-state index in [4.69, 9.17) is 5.73 Å². The Kier molecular flexibility index (Phi) is 5.73. The zero-order valence-corrected chi connectivity index (χ0v) is 12.0. The highest BCUT2D eigenvalue weighted by Gasteiger charge is 2.30. The number of hydrogen-bond acceptors (Lipinski definition) is 2. The molecule has 0 aliphatic rings. The second-order valence-corrected chi connectivity index (χ2v) is 5.06. The topological polar surface area (TPSA) is 72.2 Å². The van der Waals surface area contributed by atoms with Crippen LogP contribution < -0.4 is 11.1 Å². The number of primary amides is 1. The van der Waals surface area contributed by atoms with Crippen molar-refractivity contribution in [2.45, 2.75) is 32.0 Å². The van der Waals surface area contributed by atoms with Gasteiger partial charge in [0.1, 0.15) is 6.04 Å². The maximum atomic E-state index is 12.4. The molecule has 7 heteroatoms. The number of carbonyl (C=O) groups is 2. The molecule has 2 amide bonds. The molecule has 0 saturated heterocycles. The van der Waals surface area contributed by atoms with Gasteiger partial charge in [0.15, 0.2) is 0 Å². The van der Waals surface area contributed by atoms with Crippen LogP contribution in [0.25, 0.3) is 0 Å². The lowest BCUT2D eigenvalue weighted by Crippen LogP contribution is -2.45. The molecule has 22 heavy (non-hydrogen) atoms. The van der Waals surface area contributed by atoms with E-state index < -0.39 is 29.6 Å². The van der Waals surface area contributed by atoms with Crippen LogP contribution in [0.1, 0.15) is 24.5 Å². The van der Waals surface area contributed by atoms with Gasteiger partial charge in [0, 0.05) is 0 Å². The first kappa shape index (κ1) is 17.7. The van der Waals surface area contributed by atoms with Gasteiger partial charge in [-0.25, -0.2) is 0 Å². The maximum absolute atomic E-state index is 12.4. The first-order chi connectivity index (χ1) is 10.1. The molecule has 0 saturated carbocycles. The Morgan fingerprint density at radius 2 is 1.82 bits per heavy atom. The van der Waals surface area contributed by atoms with Crippen LogP contribution in [0.2, 0.25) is 0 Å². The average Bonchev–Trinajstić information content (AvgIpc) is 2.36. The zero-order chi connectivity index (χ0) is 16.9. The second kappa shape index (κ2) is 7.11. The summed E-state index contributed by atoms with van der Waals surface area (Å²) in [5.41, 5.74) is 5.48. The summed E-state index contributed by atoms with van der Waals surface area (Å²) >= 11 is 0. The van der Waals surface area contributed by atoms with Crippen LogP contribution in [0.3, 0.4) is 0 Å². The van der Waals surface area contributed by atoms with Gasteiger partial charge in [-0.05, 0) is 31.0 Å². The van der Waals surface area contributed by atoms with Crippen LogP contribution in [-0.4, -0.2) is 17.9 Å². The minimum absolute atomic E-state index is 0.141. The highest BCUT2D eigenvalue weighted by molar-refractivity contribution is 5.87. The number of nitrogens with two attached hydrogens (primary N) is 1. The molecule has 0 spiro atoms. The van der Waals surface area contributed by atoms with Gasteiger partial charge in [0.2, 0.25) is 11.8 Å². The Morgan fingerprint density at radius 1 is 1.27 bits per heavy atom. The Morgan fingerprint density at radius 3 is 2.23 bits per heavy atom. The summed E-state index contributed by atoms with van der Waals surface area (Å²) in [4.78, 5) is 23.0. The fraction of sp³-hybridized carbons (Fsp3) is 0.333. The van der Waals surface area contributed by atoms with Crippen molar-refractivity contribution in [3.63, 3.8) is 0 Å². The van der Waals surface area contributed by atoms with Gasteiger partial charge in [0.05, 0.1) is 12.0 Å². The molecule has 0 heterocycles. The van der Waals surface area contributed by atoms with Crippen LogP contribution in [0.15, 0.2) is 36.4 Å². The minimum atomic E-state index is -4.42. The van der Waals surface area contributed by atoms with E-state index in [-0.39, 0.29) is 12.8 Å². The molecule has 1 rings (SSSR count). The molecule has 0 aromatic heterocycles. The SMILES string of the molecule is C=C(C)C[C@H](NC(=O)Cc1ccc(C(F)(F)F)cc1)C(N)=O. The normalized spacial score (nSPS) is 12.5. The number of alkyl halides is 3. The van der Waals surface area contributed by atoms with Crippen LogP contribution in [0, 0.1) is 0 Å². The highest BCUT2D eigenvalue weighted by Crippen LogP contribution is 2.29. The lowest BCUT2D eigenvalue weighted by molar-refractivity contribution is -0.137. The summed E-state index contributed by atoms with van der Waals surface area (Å²) in [7, 11) is 0. The van der Waals surface area contributed by atoms with E-state index in [1.165, 1.54) is 12.1 Å². The summed E-state index contributed by atoms with van der Waals surface area (Å²) in [5, 5.41) is 2.44. The highest BCUT2D eigenvalue weighted by atomic mass is 19.4. The first-order valence-electron chi connectivity index (χ1n) is 6.49. The van der Waals surface area contributed by atoms with Crippen molar-refractivity contribution in [3.05, 3.63) is 47.5 Å². The molecular weight excluding hydrogens is 297 g/mol. The molecular formula is C15H17F3N2O2. The number of hydrogen-bond donors (Lipinski definition) is 2. The zero-order valence-electron chi connectivity index (χ0n) is 12.0. The number of nitrogens with one attached hydrogen (secondary N) is 1. The lowest BCUT2D eigenvalue weighted by atomic mass is 10.1. The second-order valence-electron chi connectivity index (χ2n) is 5.06. The average molecular weight is 314 g/mol. The minimum Gasteiger partial charge on any atom is -0.368 e. The molecule has 1 aromatic carbocycles. The largest absolute Gasteiger partial charge is 0.416 e. The quantitative estimate of drug-likeness (QED) is 0.790. The van der Waals surface area contributed by atoms with E-state index in [1.54, 1.807) is 6.92 Å². The summed E-state index contributed by atoms with van der Waals surface area (Å²) in [6, 6.07) is 3.38.